The van der Waals surface area contributed by atoms with Crippen molar-refractivity contribution in [3.05, 3.63) is 23.2 Å². The summed E-state index contributed by atoms with van der Waals surface area (Å²) in [6.07, 6.45) is 0. The number of aromatic nitrogens is 2. The van der Waals surface area contributed by atoms with E-state index in [9.17, 15) is 0 Å². The van der Waals surface area contributed by atoms with E-state index in [1.807, 2.05) is 18.2 Å². The summed E-state index contributed by atoms with van der Waals surface area (Å²) in [5.74, 6) is 0. The van der Waals surface area contributed by atoms with E-state index in [1.54, 1.807) is 0 Å². The second-order valence-electron chi connectivity index (χ2n) is 1.94. The molecule has 2 aromatic rings. The topological polar surface area (TPSA) is 31.6 Å². The Kier molecular flexibility index (Phi) is 0.848. The van der Waals surface area contributed by atoms with E-state index in [-0.39, 0.29) is 0 Å². The average Bonchev–Trinajstić information content (AvgIpc) is 1.78. The molecule has 3 heteroatoms. The number of hydrogen-bond acceptors (Lipinski definition) is 0. The maximum Gasteiger partial charge on any atom is 0.0804 e. The molecule has 1 aromatic carbocycles. The van der Waals surface area contributed by atoms with Crippen LogP contribution in [0.15, 0.2) is 18.2 Å². The van der Waals surface area contributed by atoms with Crippen molar-refractivity contribution in [2.45, 2.75) is 0 Å². The van der Waals surface area contributed by atoms with E-state index in [4.69, 9.17) is 11.6 Å². The minimum Gasteiger partial charge on any atom is -0.299 e. The first-order chi connectivity index (χ1) is 4.36. The van der Waals surface area contributed by atoms with Crippen LogP contribution in [-0.4, -0.2) is 10.2 Å². The van der Waals surface area contributed by atoms with Gasteiger partial charge in [0.15, 0.2) is 0 Å². The molecule has 0 aliphatic rings. The molecule has 0 saturated carbocycles. The largest absolute Gasteiger partial charge is 0.299 e. The highest BCUT2D eigenvalue weighted by atomic mass is 35.5. The zero-order chi connectivity index (χ0) is 6.27. The normalized spacial score (nSPS) is 10.8. The van der Waals surface area contributed by atoms with Crippen LogP contribution < -0.4 is 0 Å². The highest BCUT2D eigenvalue weighted by Gasteiger charge is 1.94. The zero-order valence-electron chi connectivity index (χ0n) is 4.61. The molecule has 46 valence electrons. The number of nitrogens with one attached hydrogen (secondary N) is 2. The lowest BCUT2D eigenvalue weighted by atomic mass is 10.3. The van der Waals surface area contributed by atoms with Crippen LogP contribution in [0.5, 0.6) is 0 Å². The number of benzene rings is 1. The van der Waals surface area contributed by atoms with Crippen molar-refractivity contribution in [2.24, 2.45) is 0 Å². The predicted molar refractivity (Wildman–Crippen MR) is 37.7 cm³/mol. The van der Waals surface area contributed by atoms with Crippen molar-refractivity contribution in [1.82, 2.24) is 10.2 Å². The molecule has 0 aliphatic heterocycles. The Morgan fingerprint density at radius 2 is 1.89 bits per heavy atom. The van der Waals surface area contributed by atoms with Crippen LogP contribution in [-0.2, 0) is 0 Å². The first kappa shape index (κ1) is 4.94. The average molecular weight is 141 g/mol. The summed E-state index contributed by atoms with van der Waals surface area (Å²) in [7, 11) is 0. The lowest BCUT2D eigenvalue weighted by molar-refractivity contribution is 1.07. The third-order valence-corrected chi connectivity index (χ3v) is 1.55. The lowest BCUT2D eigenvalue weighted by Gasteiger charge is -2.01. The molecular weight excluding hydrogens is 136 g/mol. The minimum atomic E-state index is 0.766. The summed E-state index contributed by atoms with van der Waals surface area (Å²) in [4.78, 5) is 0. The van der Waals surface area contributed by atoms with Crippen LogP contribution in [0.25, 0.3) is 11.0 Å². The van der Waals surface area contributed by atoms with Gasteiger partial charge in [-0.15, -0.1) is 0 Å². The number of aromatic amines is 2. The molecule has 0 amide bonds. The monoisotopic (exact) mass is 140 g/mol. The third kappa shape index (κ3) is 0.634. The summed E-state index contributed by atoms with van der Waals surface area (Å²) >= 11 is 5.68. The maximum absolute atomic E-state index is 5.68. The van der Waals surface area contributed by atoms with E-state index in [1.165, 1.54) is 0 Å². The fourth-order valence-electron chi connectivity index (χ4n) is 0.801. The molecule has 2 rings (SSSR count). The van der Waals surface area contributed by atoms with E-state index in [0.29, 0.717) is 0 Å². The summed E-state index contributed by atoms with van der Waals surface area (Å²) in [6, 6.07) is 5.68. The number of fused-ring (bicyclic) bond motifs is 1. The van der Waals surface area contributed by atoms with Crippen molar-refractivity contribution in [1.29, 1.82) is 0 Å². The van der Waals surface area contributed by atoms with Gasteiger partial charge in [-0.25, -0.2) is 0 Å². The van der Waals surface area contributed by atoms with Gasteiger partial charge in [-0.1, -0.05) is 11.6 Å². The van der Waals surface area contributed by atoms with Gasteiger partial charge in [0.25, 0.3) is 0 Å². The Bertz CT molecular complexity index is 320. The Morgan fingerprint density at radius 1 is 1.11 bits per heavy atom. The van der Waals surface area contributed by atoms with Crippen LogP contribution in [0, 0.1) is 0 Å². The van der Waals surface area contributed by atoms with Gasteiger partial charge in [-0.3, -0.25) is 10.2 Å². The highest BCUT2D eigenvalue weighted by molar-refractivity contribution is 6.31. The molecule has 0 saturated heterocycles. The van der Waals surface area contributed by atoms with Crippen LogP contribution in [0.2, 0.25) is 5.02 Å². The molecule has 1 heterocycles. The standard InChI is InChI=1S/C6H5ClN2/c7-4-1-2-5-6(3-4)9-8-5/h1-3,8-9H. The van der Waals surface area contributed by atoms with E-state index in [0.717, 1.165) is 16.1 Å². The van der Waals surface area contributed by atoms with Crippen LogP contribution in [0.1, 0.15) is 0 Å². The summed E-state index contributed by atoms with van der Waals surface area (Å²) in [5.41, 5.74) is 2.18. The van der Waals surface area contributed by atoms with E-state index >= 15 is 0 Å². The van der Waals surface area contributed by atoms with Crippen molar-refractivity contribution in [2.75, 3.05) is 0 Å². The molecule has 2 nitrogen and oxygen atoms in total. The second kappa shape index (κ2) is 1.54. The summed E-state index contributed by atoms with van der Waals surface area (Å²) in [6.45, 7) is 0. The third-order valence-electron chi connectivity index (χ3n) is 1.31. The van der Waals surface area contributed by atoms with Crippen molar-refractivity contribution in [3.63, 3.8) is 0 Å². The molecule has 9 heavy (non-hydrogen) atoms. The molecule has 0 radical (unpaired) electrons. The van der Waals surface area contributed by atoms with Crippen molar-refractivity contribution >= 4 is 22.6 Å². The zero-order valence-corrected chi connectivity index (χ0v) is 5.37. The number of H-pyrrole nitrogens is 2. The van der Waals surface area contributed by atoms with Gasteiger partial charge in [0.05, 0.1) is 11.0 Å². The fraction of sp³-hybridized carbons (Fsp3) is 0. The van der Waals surface area contributed by atoms with Gasteiger partial charge in [-0.2, -0.15) is 0 Å². The van der Waals surface area contributed by atoms with Gasteiger partial charge in [0.2, 0.25) is 0 Å². The van der Waals surface area contributed by atoms with Crippen LogP contribution >= 0.6 is 11.6 Å². The molecule has 0 bridgehead atoms. The van der Waals surface area contributed by atoms with Crippen molar-refractivity contribution < 1.29 is 0 Å². The van der Waals surface area contributed by atoms with Gasteiger partial charge in [-0.05, 0) is 18.2 Å². The molecule has 1 aromatic heterocycles. The molecular formula is C6H5ClN2. The maximum atomic E-state index is 5.68. The van der Waals surface area contributed by atoms with Gasteiger partial charge >= 0.3 is 0 Å². The Labute approximate surface area is 56.8 Å². The summed E-state index contributed by atoms with van der Waals surface area (Å²) in [5, 5.41) is 6.57. The Balaban J connectivity index is 2.78. The van der Waals surface area contributed by atoms with Crippen LogP contribution in [0.3, 0.4) is 0 Å². The van der Waals surface area contributed by atoms with E-state index < -0.39 is 0 Å². The lowest BCUT2D eigenvalue weighted by Crippen LogP contribution is -1.88. The Morgan fingerprint density at radius 3 is 2.33 bits per heavy atom. The Hall–Kier alpha value is -0.890. The molecule has 0 spiro atoms. The van der Waals surface area contributed by atoms with Gasteiger partial charge in [0, 0.05) is 5.02 Å². The SMILES string of the molecule is Clc1ccc2[nH][nH]c2c1. The van der Waals surface area contributed by atoms with E-state index in [2.05, 4.69) is 10.2 Å². The number of halogens is 1. The minimum absolute atomic E-state index is 0.766. The predicted octanol–water partition coefficient (Wildman–Crippen LogP) is 2.15. The first-order valence-electron chi connectivity index (χ1n) is 2.68. The molecule has 0 atom stereocenters. The number of rotatable bonds is 0. The second-order valence-corrected chi connectivity index (χ2v) is 2.38. The van der Waals surface area contributed by atoms with Crippen molar-refractivity contribution in [3.8, 4) is 0 Å². The van der Waals surface area contributed by atoms with Gasteiger partial charge < -0.3 is 0 Å². The first-order valence-corrected chi connectivity index (χ1v) is 3.05. The molecule has 2 N–H and O–H groups in total. The van der Waals surface area contributed by atoms with Gasteiger partial charge in [0.1, 0.15) is 0 Å². The molecule has 0 aliphatic carbocycles. The molecule has 0 fully saturated rings. The van der Waals surface area contributed by atoms with Crippen LogP contribution in [0.4, 0.5) is 0 Å². The molecule has 0 unspecified atom stereocenters. The quantitative estimate of drug-likeness (QED) is 0.562. The fourth-order valence-corrected chi connectivity index (χ4v) is 0.973. The smallest absolute Gasteiger partial charge is 0.0804 e. The highest BCUT2D eigenvalue weighted by Crippen LogP contribution is 2.15. The summed E-state index contributed by atoms with van der Waals surface area (Å²) < 4.78 is 0. The number of hydrogen-bond donors (Lipinski definition) is 2.